The van der Waals surface area contributed by atoms with Gasteiger partial charge >= 0.3 is 0 Å². The van der Waals surface area contributed by atoms with E-state index in [9.17, 15) is 4.79 Å². The van der Waals surface area contributed by atoms with Gasteiger partial charge in [-0.2, -0.15) is 0 Å². The number of ether oxygens (including phenoxy) is 2. The number of hydrogen-bond acceptors (Lipinski definition) is 6. The Morgan fingerprint density at radius 3 is 2.57 bits per heavy atom. The van der Waals surface area contributed by atoms with Crippen LogP contribution in [0, 0.1) is 0 Å². The van der Waals surface area contributed by atoms with Gasteiger partial charge in [0.05, 0.1) is 32.0 Å². The van der Waals surface area contributed by atoms with Crippen molar-refractivity contribution in [3.8, 4) is 0 Å². The lowest BCUT2D eigenvalue weighted by Crippen LogP contribution is -2.42. The van der Waals surface area contributed by atoms with Gasteiger partial charge in [-0.3, -0.25) is 9.69 Å². The number of rotatable bonds is 5. The molecule has 0 bridgehead atoms. The van der Waals surface area contributed by atoms with Gasteiger partial charge in [0.1, 0.15) is 5.82 Å². The summed E-state index contributed by atoms with van der Waals surface area (Å²) < 4.78 is 10.7. The molecule has 0 aliphatic carbocycles. The summed E-state index contributed by atoms with van der Waals surface area (Å²) in [4.78, 5) is 21.3. The van der Waals surface area contributed by atoms with E-state index in [0.717, 1.165) is 51.8 Å². The van der Waals surface area contributed by atoms with Crippen molar-refractivity contribution in [1.82, 2.24) is 15.2 Å². The fraction of sp³-hybridized carbons (Fsp3) is 0.625. The van der Waals surface area contributed by atoms with Crippen LogP contribution in [0.15, 0.2) is 18.3 Å². The lowest BCUT2D eigenvalue weighted by atomic mass is 10.2. The Bertz CT molecular complexity index is 514. The molecule has 2 saturated heterocycles. The van der Waals surface area contributed by atoms with Crippen molar-refractivity contribution < 1.29 is 14.3 Å². The molecule has 2 aliphatic rings. The molecule has 0 spiro atoms. The highest BCUT2D eigenvalue weighted by Crippen LogP contribution is 2.18. The Kier molecular flexibility index (Phi) is 5.79. The third-order valence-electron chi connectivity index (χ3n) is 4.16. The minimum atomic E-state index is -0.0622. The van der Waals surface area contributed by atoms with Crippen molar-refractivity contribution in [1.29, 1.82) is 0 Å². The second-order valence-corrected chi connectivity index (χ2v) is 5.68. The lowest BCUT2D eigenvalue weighted by molar-refractivity contribution is 0.0383. The Balaban J connectivity index is 1.56. The molecule has 3 heterocycles. The van der Waals surface area contributed by atoms with Crippen molar-refractivity contribution in [2.45, 2.75) is 0 Å². The summed E-state index contributed by atoms with van der Waals surface area (Å²) in [6.45, 7) is 7.79. The molecule has 0 aromatic carbocycles. The van der Waals surface area contributed by atoms with Gasteiger partial charge in [-0.25, -0.2) is 4.98 Å². The quantitative estimate of drug-likeness (QED) is 0.822. The number of morpholine rings is 2. The molecule has 1 aromatic heterocycles. The normalized spacial score (nSPS) is 19.6. The molecule has 0 atom stereocenters. The topological polar surface area (TPSA) is 66.9 Å². The molecule has 7 heteroatoms. The fourth-order valence-electron chi connectivity index (χ4n) is 2.85. The van der Waals surface area contributed by atoms with Crippen LogP contribution < -0.4 is 10.2 Å². The van der Waals surface area contributed by atoms with Gasteiger partial charge in [0.2, 0.25) is 0 Å². The van der Waals surface area contributed by atoms with E-state index in [-0.39, 0.29) is 5.91 Å². The summed E-state index contributed by atoms with van der Waals surface area (Å²) in [5, 5.41) is 3.01. The summed E-state index contributed by atoms with van der Waals surface area (Å²) in [5.41, 5.74) is 0.636. The van der Waals surface area contributed by atoms with Gasteiger partial charge in [-0.05, 0) is 12.1 Å². The van der Waals surface area contributed by atoms with Gasteiger partial charge in [0.25, 0.3) is 5.91 Å². The van der Waals surface area contributed by atoms with Gasteiger partial charge in [0, 0.05) is 45.5 Å². The number of carbonyl (C=O) groups excluding carboxylic acids is 1. The van der Waals surface area contributed by atoms with E-state index in [0.29, 0.717) is 25.3 Å². The zero-order chi connectivity index (χ0) is 15.9. The number of hydrogen-bond donors (Lipinski definition) is 1. The van der Waals surface area contributed by atoms with Crippen molar-refractivity contribution in [2.24, 2.45) is 0 Å². The summed E-state index contributed by atoms with van der Waals surface area (Å²) in [5.74, 6) is 0.688. The first kappa shape index (κ1) is 16.2. The van der Waals surface area contributed by atoms with E-state index in [1.54, 1.807) is 12.3 Å². The van der Waals surface area contributed by atoms with Gasteiger partial charge < -0.3 is 19.7 Å². The van der Waals surface area contributed by atoms with Gasteiger partial charge in [-0.1, -0.05) is 0 Å². The number of nitrogens with one attached hydrogen (secondary N) is 1. The fourth-order valence-corrected chi connectivity index (χ4v) is 2.85. The summed E-state index contributed by atoms with van der Waals surface area (Å²) >= 11 is 0. The number of carbonyl (C=O) groups is 1. The molecule has 3 rings (SSSR count). The van der Waals surface area contributed by atoms with Crippen LogP contribution in [0.3, 0.4) is 0 Å². The summed E-state index contributed by atoms with van der Waals surface area (Å²) in [6.07, 6.45) is 1.73. The maximum absolute atomic E-state index is 12.5. The van der Waals surface area contributed by atoms with Gasteiger partial charge in [-0.15, -0.1) is 0 Å². The maximum Gasteiger partial charge on any atom is 0.255 e. The van der Waals surface area contributed by atoms with E-state index >= 15 is 0 Å². The highest BCUT2D eigenvalue weighted by Gasteiger charge is 2.19. The highest BCUT2D eigenvalue weighted by molar-refractivity contribution is 5.98. The first-order chi connectivity index (χ1) is 11.3. The standard InChI is InChI=1S/C16H24N4O3/c21-16(18-4-5-19-6-10-22-11-7-19)14-2-1-3-17-15(14)20-8-12-23-13-9-20/h1-3H,4-13H2,(H,18,21). The lowest BCUT2D eigenvalue weighted by Gasteiger charge is -2.29. The third-order valence-corrected chi connectivity index (χ3v) is 4.16. The van der Waals surface area contributed by atoms with Crippen molar-refractivity contribution in [3.05, 3.63) is 23.9 Å². The molecular formula is C16H24N4O3. The van der Waals surface area contributed by atoms with Crippen LogP contribution in [0.25, 0.3) is 0 Å². The van der Waals surface area contributed by atoms with E-state index in [1.807, 2.05) is 6.07 Å². The smallest absolute Gasteiger partial charge is 0.255 e. The minimum absolute atomic E-state index is 0.0622. The zero-order valence-corrected chi connectivity index (χ0v) is 13.4. The predicted molar refractivity (Wildman–Crippen MR) is 86.9 cm³/mol. The number of anilines is 1. The molecule has 2 aliphatic heterocycles. The Morgan fingerprint density at radius 2 is 1.83 bits per heavy atom. The number of pyridine rings is 1. The second-order valence-electron chi connectivity index (χ2n) is 5.68. The molecule has 2 fully saturated rings. The van der Waals surface area contributed by atoms with Crippen LogP contribution >= 0.6 is 0 Å². The van der Waals surface area contributed by atoms with Crippen molar-refractivity contribution in [3.63, 3.8) is 0 Å². The molecule has 126 valence electrons. The van der Waals surface area contributed by atoms with Crippen LogP contribution in [-0.2, 0) is 9.47 Å². The molecule has 1 amide bonds. The monoisotopic (exact) mass is 320 g/mol. The van der Waals surface area contributed by atoms with E-state index in [4.69, 9.17) is 9.47 Å². The van der Waals surface area contributed by atoms with Crippen molar-refractivity contribution in [2.75, 3.05) is 70.6 Å². The minimum Gasteiger partial charge on any atom is -0.379 e. The molecule has 1 aromatic rings. The van der Waals surface area contributed by atoms with E-state index in [2.05, 4.69) is 20.1 Å². The van der Waals surface area contributed by atoms with Crippen LogP contribution in [-0.4, -0.2) is 81.5 Å². The predicted octanol–water partition coefficient (Wildman–Crippen LogP) is -0.0198. The number of nitrogens with zero attached hydrogens (tertiary/aromatic N) is 3. The average Bonchev–Trinajstić information content (AvgIpc) is 2.63. The van der Waals surface area contributed by atoms with Gasteiger partial charge in [0.15, 0.2) is 0 Å². The molecule has 0 unspecified atom stereocenters. The average molecular weight is 320 g/mol. The molecule has 23 heavy (non-hydrogen) atoms. The summed E-state index contributed by atoms with van der Waals surface area (Å²) in [7, 11) is 0. The molecular weight excluding hydrogens is 296 g/mol. The molecule has 0 saturated carbocycles. The van der Waals surface area contributed by atoms with E-state index in [1.165, 1.54) is 0 Å². The number of aromatic nitrogens is 1. The highest BCUT2D eigenvalue weighted by atomic mass is 16.5. The van der Waals surface area contributed by atoms with Crippen LogP contribution in [0.2, 0.25) is 0 Å². The Labute approximate surface area is 136 Å². The molecule has 1 N–H and O–H groups in total. The largest absolute Gasteiger partial charge is 0.379 e. The Morgan fingerprint density at radius 1 is 1.13 bits per heavy atom. The SMILES string of the molecule is O=C(NCCN1CCOCC1)c1cccnc1N1CCOCC1. The summed E-state index contributed by atoms with van der Waals surface area (Å²) in [6, 6.07) is 3.64. The van der Waals surface area contributed by atoms with Crippen LogP contribution in [0.4, 0.5) is 5.82 Å². The van der Waals surface area contributed by atoms with Crippen LogP contribution in [0.5, 0.6) is 0 Å². The Hall–Kier alpha value is -1.70. The maximum atomic E-state index is 12.5. The first-order valence-corrected chi connectivity index (χ1v) is 8.20. The number of amides is 1. The third kappa shape index (κ3) is 4.40. The zero-order valence-electron chi connectivity index (χ0n) is 13.4. The second kappa shape index (κ2) is 8.24. The van der Waals surface area contributed by atoms with Crippen molar-refractivity contribution >= 4 is 11.7 Å². The van der Waals surface area contributed by atoms with E-state index < -0.39 is 0 Å². The first-order valence-electron chi connectivity index (χ1n) is 8.20. The molecule has 7 nitrogen and oxygen atoms in total. The molecule has 0 radical (unpaired) electrons. The van der Waals surface area contributed by atoms with Crippen LogP contribution in [0.1, 0.15) is 10.4 Å².